The molecule has 2 aliphatic rings. The third kappa shape index (κ3) is 4.20. The number of carbonyl (C=O) groups is 1. The maximum absolute atomic E-state index is 12.6. The van der Waals surface area contributed by atoms with Gasteiger partial charge in [0.05, 0.1) is 12.6 Å². The van der Waals surface area contributed by atoms with Crippen molar-refractivity contribution in [3.8, 4) is 0 Å². The standard InChI is InChI=1S/C15H25N5O2.2ClH/c1-22-10-11(16)15(21)19-8-4-2-6-12(19)14-18-17-13-7-3-5-9-20(13)14;;/h11-12H,2-10,16H2,1H3;2*1H. The van der Waals surface area contributed by atoms with Crippen molar-refractivity contribution in [2.75, 3.05) is 20.3 Å². The summed E-state index contributed by atoms with van der Waals surface area (Å²) in [5.74, 6) is 1.95. The number of halogens is 2. The molecule has 1 amide bonds. The Morgan fingerprint density at radius 2 is 2.00 bits per heavy atom. The van der Waals surface area contributed by atoms with E-state index in [0.717, 1.165) is 56.8 Å². The molecule has 0 saturated carbocycles. The first-order valence-corrected chi connectivity index (χ1v) is 8.19. The van der Waals surface area contributed by atoms with E-state index in [1.807, 2.05) is 4.90 Å². The zero-order valence-electron chi connectivity index (χ0n) is 14.0. The van der Waals surface area contributed by atoms with Crippen molar-refractivity contribution in [1.82, 2.24) is 19.7 Å². The lowest BCUT2D eigenvalue weighted by Crippen LogP contribution is -2.49. The minimum absolute atomic E-state index is 0. The van der Waals surface area contributed by atoms with Crippen LogP contribution in [0.1, 0.15) is 49.8 Å². The summed E-state index contributed by atoms with van der Waals surface area (Å²) < 4.78 is 7.24. The molecule has 0 aromatic carbocycles. The van der Waals surface area contributed by atoms with Gasteiger partial charge < -0.3 is 19.9 Å². The average molecular weight is 380 g/mol. The Labute approximate surface area is 155 Å². The van der Waals surface area contributed by atoms with E-state index in [4.69, 9.17) is 10.5 Å². The molecule has 1 fully saturated rings. The zero-order valence-corrected chi connectivity index (χ0v) is 15.7. The van der Waals surface area contributed by atoms with Gasteiger partial charge >= 0.3 is 0 Å². The quantitative estimate of drug-likeness (QED) is 0.855. The highest BCUT2D eigenvalue weighted by molar-refractivity contribution is 5.85. The molecule has 3 rings (SSSR count). The Morgan fingerprint density at radius 3 is 2.75 bits per heavy atom. The molecule has 9 heteroatoms. The predicted molar refractivity (Wildman–Crippen MR) is 95.6 cm³/mol. The molecule has 3 heterocycles. The van der Waals surface area contributed by atoms with Gasteiger partial charge in [-0.3, -0.25) is 4.79 Å². The molecule has 2 unspecified atom stereocenters. The molecule has 138 valence electrons. The molecule has 24 heavy (non-hydrogen) atoms. The summed E-state index contributed by atoms with van der Waals surface area (Å²) >= 11 is 0. The molecule has 2 N–H and O–H groups in total. The maximum atomic E-state index is 12.6. The Balaban J connectivity index is 0.00000144. The zero-order chi connectivity index (χ0) is 15.5. The van der Waals surface area contributed by atoms with E-state index in [1.165, 1.54) is 6.42 Å². The van der Waals surface area contributed by atoms with Crippen LogP contribution in [0.3, 0.4) is 0 Å². The maximum Gasteiger partial charge on any atom is 0.242 e. The number of hydrogen-bond donors (Lipinski definition) is 1. The summed E-state index contributed by atoms with van der Waals surface area (Å²) in [7, 11) is 1.57. The Bertz CT molecular complexity index is 540. The Hall–Kier alpha value is -0.890. The third-order valence-corrected chi connectivity index (χ3v) is 4.64. The molecular formula is C15H27Cl2N5O2. The van der Waals surface area contributed by atoms with Gasteiger partial charge in [-0.15, -0.1) is 35.0 Å². The van der Waals surface area contributed by atoms with Crippen LogP contribution in [0.5, 0.6) is 0 Å². The van der Waals surface area contributed by atoms with E-state index in [9.17, 15) is 4.79 Å². The number of hydrogen-bond acceptors (Lipinski definition) is 5. The molecule has 2 atom stereocenters. The van der Waals surface area contributed by atoms with Crippen LogP contribution in [0, 0.1) is 0 Å². The van der Waals surface area contributed by atoms with Crippen LogP contribution in [0.4, 0.5) is 0 Å². The van der Waals surface area contributed by atoms with Crippen molar-refractivity contribution in [1.29, 1.82) is 0 Å². The van der Waals surface area contributed by atoms with Crippen LogP contribution in [0.15, 0.2) is 0 Å². The number of likely N-dealkylation sites (tertiary alicyclic amines) is 1. The molecule has 0 spiro atoms. The van der Waals surface area contributed by atoms with Gasteiger partial charge in [0.15, 0.2) is 5.82 Å². The second kappa shape index (κ2) is 9.56. The average Bonchev–Trinajstić information content (AvgIpc) is 2.98. The van der Waals surface area contributed by atoms with Crippen LogP contribution in [0.2, 0.25) is 0 Å². The molecule has 7 nitrogen and oxygen atoms in total. The summed E-state index contributed by atoms with van der Waals surface area (Å²) in [6.07, 6.45) is 6.37. The van der Waals surface area contributed by atoms with Crippen molar-refractivity contribution < 1.29 is 9.53 Å². The molecule has 1 saturated heterocycles. The van der Waals surface area contributed by atoms with Gasteiger partial charge in [0.25, 0.3) is 0 Å². The van der Waals surface area contributed by atoms with Crippen LogP contribution in [0.25, 0.3) is 0 Å². The van der Waals surface area contributed by atoms with Gasteiger partial charge in [-0.2, -0.15) is 0 Å². The van der Waals surface area contributed by atoms with E-state index < -0.39 is 6.04 Å². The smallest absolute Gasteiger partial charge is 0.242 e. The van der Waals surface area contributed by atoms with Gasteiger partial charge in [0.2, 0.25) is 5.91 Å². The number of rotatable bonds is 4. The number of methoxy groups -OCH3 is 1. The first-order valence-electron chi connectivity index (χ1n) is 8.19. The monoisotopic (exact) mass is 379 g/mol. The first-order chi connectivity index (χ1) is 10.7. The van der Waals surface area contributed by atoms with E-state index >= 15 is 0 Å². The van der Waals surface area contributed by atoms with E-state index in [0.29, 0.717) is 0 Å². The second-order valence-electron chi connectivity index (χ2n) is 6.19. The largest absolute Gasteiger partial charge is 0.383 e. The van der Waals surface area contributed by atoms with Crippen LogP contribution < -0.4 is 5.73 Å². The van der Waals surface area contributed by atoms with Crippen LogP contribution in [-0.2, 0) is 22.5 Å². The van der Waals surface area contributed by atoms with Crippen molar-refractivity contribution in [3.63, 3.8) is 0 Å². The fraction of sp³-hybridized carbons (Fsp3) is 0.800. The highest BCUT2D eigenvalue weighted by atomic mass is 35.5. The van der Waals surface area contributed by atoms with Crippen LogP contribution in [-0.4, -0.2) is 51.9 Å². The Morgan fingerprint density at radius 1 is 1.25 bits per heavy atom. The minimum Gasteiger partial charge on any atom is -0.383 e. The molecule has 0 bridgehead atoms. The summed E-state index contributed by atoms with van der Waals surface area (Å²) in [5, 5.41) is 8.73. The molecule has 0 aliphatic carbocycles. The lowest BCUT2D eigenvalue weighted by molar-refractivity contribution is -0.138. The van der Waals surface area contributed by atoms with Crippen molar-refractivity contribution in [3.05, 3.63) is 11.6 Å². The van der Waals surface area contributed by atoms with Crippen molar-refractivity contribution in [2.24, 2.45) is 5.73 Å². The number of amides is 1. The SMILES string of the molecule is COCC(N)C(=O)N1CCCCC1c1nnc2n1CCCC2.Cl.Cl. The van der Waals surface area contributed by atoms with Crippen LogP contribution >= 0.6 is 24.8 Å². The normalized spacial score (nSPS) is 21.2. The van der Waals surface area contributed by atoms with Gasteiger partial charge in [-0.1, -0.05) is 0 Å². The number of ether oxygens (including phenoxy) is 1. The van der Waals surface area contributed by atoms with Gasteiger partial charge in [0, 0.05) is 26.6 Å². The number of fused-ring (bicyclic) bond motifs is 1. The predicted octanol–water partition coefficient (Wildman–Crippen LogP) is 1.49. The molecule has 0 radical (unpaired) electrons. The third-order valence-electron chi connectivity index (χ3n) is 4.64. The summed E-state index contributed by atoms with van der Waals surface area (Å²) in [6.45, 7) is 1.95. The van der Waals surface area contributed by atoms with Gasteiger partial charge in [0.1, 0.15) is 11.9 Å². The topological polar surface area (TPSA) is 86.3 Å². The fourth-order valence-electron chi connectivity index (χ4n) is 3.50. The number of aromatic nitrogens is 3. The number of carbonyl (C=O) groups excluding carboxylic acids is 1. The lowest BCUT2D eigenvalue weighted by atomic mass is 9.99. The highest BCUT2D eigenvalue weighted by Crippen LogP contribution is 2.31. The summed E-state index contributed by atoms with van der Waals surface area (Å²) in [6, 6.07) is -0.599. The van der Waals surface area contributed by atoms with Gasteiger partial charge in [-0.05, 0) is 32.1 Å². The highest BCUT2D eigenvalue weighted by Gasteiger charge is 2.34. The lowest BCUT2D eigenvalue weighted by Gasteiger charge is -2.37. The van der Waals surface area contributed by atoms with Gasteiger partial charge in [-0.25, -0.2) is 0 Å². The summed E-state index contributed by atoms with van der Waals surface area (Å²) in [5.41, 5.74) is 5.95. The molecule has 2 aliphatic heterocycles. The van der Waals surface area contributed by atoms with Crippen molar-refractivity contribution >= 4 is 30.7 Å². The van der Waals surface area contributed by atoms with E-state index in [1.54, 1.807) is 7.11 Å². The Kier molecular flexibility index (Phi) is 8.42. The molecule has 1 aromatic rings. The molecular weight excluding hydrogens is 353 g/mol. The fourth-order valence-corrected chi connectivity index (χ4v) is 3.50. The number of nitrogens with two attached hydrogens (primary N) is 1. The molecule has 1 aromatic heterocycles. The summed E-state index contributed by atoms with van der Waals surface area (Å²) in [4.78, 5) is 14.5. The second-order valence-corrected chi connectivity index (χ2v) is 6.19. The minimum atomic E-state index is -0.602. The van der Waals surface area contributed by atoms with Crippen molar-refractivity contribution in [2.45, 2.75) is 57.2 Å². The first kappa shape index (κ1) is 21.2. The number of aryl methyl sites for hydroxylation is 1. The number of piperidine rings is 1. The number of nitrogens with zero attached hydrogens (tertiary/aromatic N) is 4. The van der Waals surface area contributed by atoms with E-state index in [-0.39, 0.29) is 43.4 Å². The van der Waals surface area contributed by atoms with E-state index in [2.05, 4.69) is 14.8 Å².